The number of methoxy groups -OCH3 is 2. The third-order valence-corrected chi connectivity index (χ3v) is 4.16. The molecule has 0 aromatic heterocycles. The average molecular weight is 361 g/mol. The number of benzene rings is 2. The molecular formula is C20H26FN2O3+. The highest BCUT2D eigenvalue weighted by Crippen LogP contribution is 2.29. The first-order valence-electron chi connectivity index (χ1n) is 8.50. The van der Waals surface area contributed by atoms with Crippen LogP contribution in [0.3, 0.4) is 0 Å². The van der Waals surface area contributed by atoms with Gasteiger partial charge in [0.2, 0.25) is 0 Å². The Morgan fingerprint density at radius 3 is 2.46 bits per heavy atom. The number of halogens is 1. The van der Waals surface area contributed by atoms with Gasteiger partial charge in [-0.15, -0.1) is 0 Å². The van der Waals surface area contributed by atoms with E-state index in [1.165, 1.54) is 12.1 Å². The Morgan fingerprint density at radius 2 is 1.85 bits per heavy atom. The van der Waals surface area contributed by atoms with Crippen LogP contribution >= 0.6 is 0 Å². The van der Waals surface area contributed by atoms with Gasteiger partial charge in [0.1, 0.15) is 23.9 Å². The Kier molecular flexibility index (Phi) is 6.97. The molecule has 0 bridgehead atoms. The summed E-state index contributed by atoms with van der Waals surface area (Å²) in [6.07, 6.45) is 0. The average Bonchev–Trinajstić information content (AvgIpc) is 2.62. The summed E-state index contributed by atoms with van der Waals surface area (Å²) in [6.45, 7) is 2.86. The zero-order valence-electron chi connectivity index (χ0n) is 15.6. The highest BCUT2D eigenvalue weighted by atomic mass is 19.1. The van der Waals surface area contributed by atoms with Gasteiger partial charge in [0, 0.05) is 11.1 Å². The van der Waals surface area contributed by atoms with Gasteiger partial charge in [0.25, 0.3) is 5.91 Å². The van der Waals surface area contributed by atoms with E-state index in [1.807, 2.05) is 32.2 Å². The molecule has 2 rings (SSSR count). The third-order valence-electron chi connectivity index (χ3n) is 4.16. The third kappa shape index (κ3) is 5.46. The van der Waals surface area contributed by atoms with E-state index in [1.54, 1.807) is 26.4 Å². The van der Waals surface area contributed by atoms with Gasteiger partial charge in [0.15, 0.2) is 6.54 Å². The summed E-state index contributed by atoms with van der Waals surface area (Å²) in [5, 5.41) is 2.99. The molecule has 0 saturated carbocycles. The Hall–Kier alpha value is -2.60. The normalized spacial score (nSPS) is 13.0. The molecule has 2 aromatic rings. The second kappa shape index (κ2) is 9.20. The molecule has 0 radical (unpaired) electrons. The Morgan fingerprint density at radius 1 is 1.15 bits per heavy atom. The summed E-state index contributed by atoms with van der Waals surface area (Å²) in [5.74, 6) is 1.08. The standard InChI is InChI=1S/C20H25FN2O3/c1-14(18-11-17(25-3)9-10-19(18)26-4)22-20(24)13-23(2)12-15-5-7-16(21)8-6-15/h5-11,14H,12-13H2,1-4H3,(H,22,24)/p+1/t14-/m1/s1. The zero-order chi connectivity index (χ0) is 19.1. The zero-order valence-corrected chi connectivity index (χ0v) is 15.6. The van der Waals surface area contributed by atoms with Crippen molar-refractivity contribution in [2.24, 2.45) is 0 Å². The van der Waals surface area contributed by atoms with Gasteiger partial charge in [-0.3, -0.25) is 4.79 Å². The van der Waals surface area contributed by atoms with Crippen LogP contribution in [0.2, 0.25) is 0 Å². The predicted molar refractivity (Wildman–Crippen MR) is 98.0 cm³/mol. The Balaban J connectivity index is 1.95. The number of hydrogen-bond donors (Lipinski definition) is 2. The molecule has 140 valence electrons. The molecule has 2 N–H and O–H groups in total. The van der Waals surface area contributed by atoms with Gasteiger partial charge in [-0.05, 0) is 37.3 Å². The number of nitrogens with one attached hydrogen (secondary N) is 2. The number of rotatable bonds is 8. The summed E-state index contributed by atoms with van der Waals surface area (Å²) in [4.78, 5) is 13.4. The van der Waals surface area contributed by atoms with Crippen molar-refractivity contribution in [1.29, 1.82) is 0 Å². The van der Waals surface area contributed by atoms with Crippen molar-refractivity contribution < 1.29 is 23.6 Å². The van der Waals surface area contributed by atoms with Crippen LogP contribution in [-0.2, 0) is 11.3 Å². The molecule has 2 atom stereocenters. The van der Waals surface area contributed by atoms with E-state index < -0.39 is 0 Å². The Bertz CT molecular complexity index is 734. The van der Waals surface area contributed by atoms with Crippen LogP contribution in [0.25, 0.3) is 0 Å². The van der Waals surface area contributed by atoms with Gasteiger partial charge in [-0.2, -0.15) is 0 Å². The maximum Gasteiger partial charge on any atom is 0.275 e. The van der Waals surface area contributed by atoms with Gasteiger partial charge < -0.3 is 19.7 Å². The lowest BCUT2D eigenvalue weighted by atomic mass is 10.1. The molecule has 0 saturated heterocycles. The minimum absolute atomic E-state index is 0.0676. The predicted octanol–water partition coefficient (Wildman–Crippen LogP) is 1.73. The number of quaternary nitrogens is 1. The molecule has 6 heteroatoms. The highest BCUT2D eigenvalue weighted by molar-refractivity contribution is 5.77. The second-order valence-electron chi connectivity index (χ2n) is 6.33. The topological polar surface area (TPSA) is 52.0 Å². The van der Waals surface area contributed by atoms with E-state index in [0.29, 0.717) is 24.6 Å². The van der Waals surface area contributed by atoms with E-state index in [9.17, 15) is 9.18 Å². The molecule has 0 fully saturated rings. The number of carbonyl (C=O) groups excluding carboxylic acids is 1. The first kappa shape index (κ1) is 19.7. The molecule has 0 aliphatic rings. The molecular weight excluding hydrogens is 335 g/mol. The Labute approximate surface area is 153 Å². The summed E-state index contributed by atoms with van der Waals surface area (Å²) in [5.41, 5.74) is 1.84. The number of hydrogen-bond acceptors (Lipinski definition) is 3. The second-order valence-corrected chi connectivity index (χ2v) is 6.33. The fourth-order valence-corrected chi connectivity index (χ4v) is 2.84. The summed E-state index contributed by atoms with van der Waals surface area (Å²) < 4.78 is 23.6. The van der Waals surface area contributed by atoms with Crippen molar-refractivity contribution in [1.82, 2.24) is 5.32 Å². The van der Waals surface area contributed by atoms with Crippen LogP contribution in [0.1, 0.15) is 24.1 Å². The smallest absolute Gasteiger partial charge is 0.275 e. The SMILES string of the molecule is COc1ccc(OC)c([C@@H](C)NC(=O)C[NH+](C)Cc2ccc(F)cc2)c1. The van der Waals surface area contributed by atoms with Gasteiger partial charge >= 0.3 is 0 Å². The summed E-state index contributed by atoms with van der Waals surface area (Å²) >= 11 is 0. The maximum atomic E-state index is 13.0. The van der Waals surface area contributed by atoms with Crippen molar-refractivity contribution in [2.45, 2.75) is 19.5 Å². The lowest BCUT2D eigenvalue weighted by Gasteiger charge is -2.19. The number of likely N-dealkylation sites (N-methyl/N-ethyl adjacent to an activating group) is 1. The van der Waals surface area contributed by atoms with Crippen LogP contribution in [0.5, 0.6) is 11.5 Å². The van der Waals surface area contributed by atoms with Crippen LogP contribution in [-0.4, -0.2) is 33.7 Å². The molecule has 1 unspecified atom stereocenters. The minimum Gasteiger partial charge on any atom is -0.497 e. The lowest BCUT2D eigenvalue weighted by molar-refractivity contribution is -0.885. The van der Waals surface area contributed by atoms with Crippen molar-refractivity contribution in [3.8, 4) is 11.5 Å². The number of amides is 1. The van der Waals surface area contributed by atoms with Crippen molar-refractivity contribution in [3.63, 3.8) is 0 Å². The van der Waals surface area contributed by atoms with E-state index in [2.05, 4.69) is 5.32 Å². The fraction of sp³-hybridized carbons (Fsp3) is 0.350. The lowest BCUT2D eigenvalue weighted by Crippen LogP contribution is -3.08. The molecule has 0 aliphatic heterocycles. The molecule has 2 aromatic carbocycles. The van der Waals surface area contributed by atoms with E-state index in [-0.39, 0.29) is 17.8 Å². The van der Waals surface area contributed by atoms with E-state index >= 15 is 0 Å². The maximum absolute atomic E-state index is 13.0. The minimum atomic E-state index is -0.259. The molecule has 0 aliphatic carbocycles. The molecule has 0 heterocycles. The molecule has 1 amide bonds. The molecule has 5 nitrogen and oxygen atoms in total. The fourth-order valence-electron chi connectivity index (χ4n) is 2.84. The summed E-state index contributed by atoms with van der Waals surface area (Å²) in [6, 6.07) is 11.6. The molecule has 26 heavy (non-hydrogen) atoms. The van der Waals surface area contributed by atoms with Crippen molar-refractivity contribution in [2.75, 3.05) is 27.8 Å². The number of carbonyl (C=O) groups is 1. The van der Waals surface area contributed by atoms with Crippen LogP contribution in [0, 0.1) is 5.82 Å². The highest BCUT2D eigenvalue weighted by Gasteiger charge is 2.17. The first-order chi connectivity index (χ1) is 12.4. The quantitative estimate of drug-likeness (QED) is 0.753. The monoisotopic (exact) mass is 361 g/mol. The molecule has 0 spiro atoms. The van der Waals surface area contributed by atoms with E-state index in [0.717, 1.165) is 16.0 Å². The van der Waals surface area contributed by atoms with Crippen LogP contribution < -0.4 is 19.7 Å². The van der Waals surface area contributed by atoms with Crippen LogP contribution in [0.4, 0.5) is 4.39 Å². The first-order valence-corrected chi connectivity index (χ1v) is 8.50. The summed E-state index contributed by atoms with van der Waals surface area (Å²) in [7, 11) is 5.13. The van der Waals surface area contributed by atoms with E-state index in [4.69, 9.17) is 9.47 Å². The van der Waals surface area contributed by atoms with Crippen molar-refractivity contribution in [3.05, 3.63) is 59.4 Å². The van der Waals surface area contributed by atoms with Gasteiger partial charge in [-0.25, -0.2) is 4.39 Å². The largest absolute Gasteiger partial charge is 0.497 e. The van der Waals surface area contributed by atoms with Gasteiger partial charge in [-0.1, -0.05) is 12.1 Å². The van der Waals surface area contributed by atoms with Crippen molar-refractivity contribution >= 4 is 5.91 Å². The number of ether oxygens (including phenoxy) is 2. The van der Waals surface area contributed by atoms with Gasteiger partial charge in [0.05, 0.1) is 27.3 Å². The van der Waals surface area contributed by atoms with Crippen LogP contribution in [0.15, 0.2) is 42.5 Å².